The Hall–Kier alpha value is -3.73. The van der Waals surface area contributed by atoms with Crippen molar-refractivity contribution in [3.05, 3.63) is 30.6 Å². The van der Waals surface area contributed by atoms with Gasteiger partial charge in [0, 0.05) is 37.8 Å². The lowest BCUT2D eigenvalue weighted by atomic mass is 10.1. The zero-order chi connectivity index (χ0) is 22.2. The summed E-state index contributed by atoms with van der Waals surface area (Å²) in [5, 5.41) is 19.7. The van der Waals surface area contributed by atoms with Crippen LogP contribution >= 0.6 is 0 Å². The minimum Gasteiger partial charge on any atom is -0.377 e. The zero-order valence-corrected chi connectivity index (χ0v) is 18.2. The fraction of sp³-hybridized carbons (Fsp3) is 0.381. The number of carbonyl (C=O) groups excluding carboxylic acids is 1. The van der Waals surface area contributed by atoms with E-state index < -0.39 is 0 Å². The third-order valence-electron chi connectivity index (χ3n) is 5.68. The highest BCUT2D eigenvalue weighted by molar-refractivity contribution is 6.06. The highest BCUT2D eigenvalue weighted by Gasteiger charge is 2.26. The van der Waals surface area contributed by atoms with Gasteiger partial charge in [0.2, 0.25) is 5.91 Å². The molecule has 0 spiro atoms. The van der Waals surface area contributed by atoms with E-state index in [1.807, 2.05) is 32.2 Å². The minimum atomic E-state index is -0.122. The van der Waals surface area contributed by atoms with E-state index in [9.17, 15) is 4.79 Å². The van der Waals surface area contributed by atoms with E-state index >= 15 is 0 Å². The van der Waals surface area contributed by atoms with E-state index in [1.165, 1.54) is 0 Å². The predicted molar refractivity (Wildman–Crippen MR) is 120 cm³/mol. The maximum Gasteiger partial charge on any atom is 0.225 e. The fourth-order valence-corrected chi connectivity index (χ4v) is 4.00. The van der Waals surface area contributed by atoms with Crippen LogP contribution in [0.3, 0.4) is 0 Å². The molecule has 32 heavy (non-hydrogen) atoms. The molecule has 11 nitrogen and oxygen atoms in total. The molecule has 1 aliphatic heterocycles. The molecule has 0 aliphatic carbocycles. The Morgan fingerprint density at radius 2 is 2.22 bits per heavy atom. The van der Waals surface area contributed by atoms with Crippen molar-refractivity contribution in [1.82, 2.24) is 34.7 Å². The number of aryl methyl sites for hydroxylation is 1. The number of ether oxygens (including phenoxy) is 1. The number of aromatic nitrogens is 7. The van der Waals surface area contributed by atoms with Crippen molar-refractivity contribution < 1.29 is 9.53 Å². The molecule has 0 radical (unpaired) electrons. The second-order valence-electron chi connectivity index (χ2n) is 7.79. The van der Waals surface area contributed by atoms with Crippen LogP contribution in [0.25, 0.3) is 28.1 Å². The molecule has 0 bridgehead atoms. The Labute approximate surface area is 184 Å². The van der Waals surface area contributed by atoms with Crippen molar-refractivity contribution >= 4 is 28.6 Å². The number of rotatable bonds is 5. The van der Waals surface area contributed by atoms with Gasteiger partial charge in [0.1, 0.15) is 5.82 Å². The monoisotopic (exact) mass is 435 g/mol. The van der Waals surface area contributed by atoms with Crippen molar-refractivity contribution in [2.45, 2.75) is 26.3 Å². The molecule has 1 atom stereocenters. The summed E-state index contributed by atoms with van der Waals surface area (Å²) in [6.07, 6.45) is 3.75. The number of hydrogen-bond acceptors (Lipinski definition) is 7. The van der Waals surface area contributed by atoms with E-state index in [2.05, 4.69) is 32.4 Å². The molecule has 2 N–H and O–H groups in total. The van der Waals surface area contributed by atoms with Crippen LogP contribution in [0.4, 0.5) is 11.6 Å². The number of carbonyl (C=O) groups is 1. The zero-order valence-electron chi connectivity index (χ0n) is 18.2. The second kappa shape index (κ2) is 8.08. The molecule has 0 unspecified atom stereocenters. The average molecular weight is 435 g/mol. The SMILES string of the molecule is CCC(=O)Nc1nn(-c2ccn[nH]2)c2nc(N3CCOC[C@H]3C)cc(-c3ccnn3C)c12. The fourth-order valence-electron chi connectivity index (χ4n) is 4.00. The van der Waals surface area contributed by atoms with Crippen LogP contribution in [0.15, 0.2) is 30.6 Å². The smallest absolute Gasteiger partial charge is 0.225 e. The molecule has 11 heteroatoms. The summed E-state index contributed by atoms with van der Waals surface area (Å²) in [5.41, 5.74) is 2.41. The summed E-state index contributed by atoms with van der Waals surface area (Å²) < 4.78 is 9.11. The molecule has 1 aliphatic rings. The molecular formula is C21H25N9O2. The summed E-state index contributed by atoms with van der Waals surface area (Å²) in [6, 6.07) is 5.98. The Morgan fingerprint density at radius 3 is 2.91 bits per heavy atom. The number of H-pyrrole nitrogens is 1. The lowest BCUT2D eigenvalue weighted by Crippen LogP contribution is -2.44. The highest BCUT2D eigenvalue weighted by atomic mass is 16.5. The normalized spacial score (nSPS) is 16.6. The lowest BCUT2D eigenvalue weighted by molar-refractivity contribution is -0.115. The van der Waals surface area contributed by atoms with E-state index in [0.717, 1.165) is 29.0 Å². The van der Waals surface area contributed by atoms with Gasteiger partial charge in [-0.25, -0.2) is 4.98 Å². The molecule has 166 valence electrons. The maximum absolute atomic E-state index is 12.3. The van der Waals surface area contributed by atoms with Gasteiger partial charge in [0.05, 0.1) is 36.5 Å². The van der Waals surface area contributed by atoms with Crippen molar-refractivity contribution in [1.29, 1.82) is 0 Å². The summed E-state index contributed by atoms with van der Waals surface area (Å²) in [4.78, 5) is 19.5. The molecule has 0 aromatic carbocycles. The van der Waals surface area contributed by atoms with Gasteiger partial charge >= 0.3 is 0 Å². The van der Waals surface area contributed by atoms with E-state index in [-0.39, 0.29) is 11.9 Å². The molecule has 5 rings (SSSR count). The van der Waals surface area contributed by atoms with Crippen molar-refractivity contribution in [3.8, 4) is 17.1 Å². The molecule has 0 saturated carbocycles. The topological polar surface area (TPSA) is 119 Å². The molecule has 1 saturated heterocycles. The number of aromatic amines is 1. The predicted octanol–water partition coefficient (Wildman–Crippen LogP) is 2.12. The van der Waals surface area contributed by atoms with Crippen LogP contribution in [0.5, 0.6) is 0 Å². The first-order valence-corrected chi connectivity index (χ1v) is 10.6. The van der Waals surface area contributed by atoms with E-state index in [0.29, 0.717) is 36.9 Å². The van der Waals surface area contributed by atoms with Crippen molar-refractivity contribution in [3.63, 3.8) is 0 Å². The number of nitrogens with one attached hydrogen (secondary N) is 2. The molecular weight excluding hydrogens is 410 g/mol. The van der Waals surface area contributed by atoms with Gasteiger partial charge in [-0.2, -0.15) is 14.9 Å². The largest absolute Gasteiger partial charge is 0.377 e. The van der Waals surface area contributed by atoms with Crippen LogP contribution in [-0.4, -0.2) is 66.4 Å². The number of nitrogens with zero attached hydrogens (tertiary/aromatic N) is 7. The minimum absolute atomic E-state index is 0.122. The van der Waals surface area contributed by atoms with Crippen LogP contribution in [-0.2, 0) is 16.6 Å². The van der Waals surface area contributed by atoms with Gasteiger partial charge < -0.3 is 15.0 Å². The van der Waals surface area contributed by atoms with Crippen molar-refractivity contribution in [2.24, 2.45) is 7.05 Å². The van der Waals surface area contributed by atoms with Crippen LogP contribution in [0, 0.1) is 0 Å². The number of amides is 1. The maximum atomic E-state index is 12.3. The molecule has 1 fully saturated rings. The quantitative estimate of drug-likeness (QED) is 0.493. The number of fused-ring (bicyclic) bond motifs is 1. The van der Waals surface area contributed by atoms with Gasteiger partial charge in [-0.3, -0.25) is 14.6 Å². The van der Waals surface area contributed by atoms with Gasteiger partial charge in [-0.1, -0.05) is 6.92 Å². The highest BCUT2D eigenvalue weighted by Crippen LogP contribution is 2.37. The average Bonchev–Trinajstić information content (AvgIpc) is 3.54. The van der Waals surface area contributed by atoms with Gasteiger partial charge in [0.25, 0.3) is 0 Å². The number of pyridine rings is 1. The van der Waals surface area contributed by atoms with E-state index in [1.54, 1.807) is 21.8 Å². The Morgan fingerprint density at radius 1 is 1.34 bits per heavy atom. The summed E-state index contributed by atoms with van der Waals surface area (Å²) in [5.74, 6) is 1.80. The van der Waals surface area contributed by atoms with Gasteiger partial charge in [0.15, 0.2) is 17.3 Å². The Kier molecular flexibility index (Phi) is 5.10. The van der Waals surface area contributed by atoms with Gasteiger partial charge in [-0.05, 0) is 19.1 Å². The first-order valence-electron chi connectivity index (χ1n) is 10.6. The second-order valence-corrected chi connectivity index (χ2v) is 7.79. The van der Waals surface area contributed by atoms with Gasteiger partial charge in [-0.15, -0.1) is 5.10 Å². The third-order valence-corrected chi connectivity index (χ3v) is 5.68. The molecule has 4 aromatic rings. The summed E-state index contributed by atoms with van der Waals surface area (Å²) >= 11 is 0. The number of anilines is 2. The summed E-state index contributed by atoms with van der Waals surface area (Å²) in [7, 11) is 1.89. The van der Waals surface area contributed by atoms with Crippen molar-refractivity contribution in [2.75, 3.05) is 30.0 Å². The molecule has 1 amide bonds. The van der Waals surface area contributed by atoms with Crippen LogP contribution in [0.1, 0.15) is 20.3 Å². The first-order chi connectivity index (χ1) is 15.6. The standard InChI is InChI=1S/C21H25N9O2/c1-4-18(31)25-20-19-14(15-5-8-23-28(15)3)11-17(29-9-10-32-12-13(29)2)24-21(19)30(27-20)16-6-7-22-26-16/h5-8,11,13H,4,9-10,12H2,1-3H3,(H,22,26)(H,25,27,31)/t13-/m1/s1. The Bertz CT molecular complexity index is 1260. The first kappa shape index (κ1) is 20.2. The number of hydrogen-bond donors (Lipinski definition) is 2. The Balaban J connectivity index is 1.81. The van der Waals surface area contributed by atoms with Crippen LogP contribution < -0.4 is 10.2 Å². The number of morpholine rings is 1. The molecule has 4 aromatic heterocycles. The van der Waals surface area contributed by atoms with E-state index in [4.69, 9.17) is 14.8 Å². The third kappa shape index (κ3) is 3.40. The lowest BCUT2D eigenvalue weighted by Gasteiger charge is -2.34. The van der Waals surface area contributed by atoms with Crippen LogP contribution in [0.2, 0.25) is 0 Å². The summed E-state index contributed by atoms with van der Waals surface area (Å²) in [6.45, 7) is 5.94. The molecule has 5 heterocycles.